The van der Waals surface area contributed by atoms with E-state index < -0.39 is 59.7 Å². The van der Waals surface area contributed by atoms with Gasteiger partial charge in [-0.3, -0.25) is 19.2 Å². The van der Waals surface area contributed by atoms with Crippen LogP contribution in [0.15, 0.2) is 30.3 Å². The van der Waals surface area contributed by atoms with Crippen LogP contribution in [0.3, 0.4) is 0 Å². The van der Waals surface area contributed by atoms with Gasteiger partial charge in [-0.1, -0.05) is 71.9 Å². The van der Waals surface area contributed by atoms with Crippen molar-refractivity contribution in [2.75, 3.05) is 0 Å². The van der Waals surface area contributed by atoms with Crippen LogP contribution in [0.4, 0.5) is 4.79 Å². The minimum absolute atomic E-state index is 0.142. The number of ether oxygens (including phenoxy) is 1. The number of aliphatic hydroxyl groups excluding tert-OH is 1. The molecule has 6 atom stereocenters. The summed E-state index contributed by atoms with van der Waals surface area (Å²) in [6, 6.07) is 6.33. The van der Waals surface area contributed by atoms with Crippen LogP contribution in [-0.2, 0) is 30.5 Å². The summed E-state index contributed by atoms with van der Waals surface area (Å²) < 4.78 is 5.27. The number of amides is 5. The molecule has 1 aromatic rings. The Balaban J connectivity index is 2.73. The van der Waals surface area contributed by atoms with E-state index in [9.17, 15) is 29.1 Å². The van der Waals surface area contributed by atoms with Crippen molar-refractivity contribution in [2.45, 2.75) is 137 Å². The minimum Gasteiger partial charge on any atom is -0.444 e. The van der Waals surface area contributed by atoms with Crippen LogP contribution < -0.4 is 26.6 Å². The van der Waals surface area contributed by atoms with Gasteiger partial charge in [-0.2, -0.15) is 0 Å². The molecule has 47 heavy (non-hydrogen) atoms. The predicted molar refractivity (Wildman–Crippen MR) is 182 cm³/mol. The summed E-state index contributed by atoms with van der Waals surface area (Å²) in [7, 11) is 0. The molecule has 266 valence electrons. The molecule has 0 aromatic heterocycles. The van der Waals surface area contributed by atoms with Gasteiger partial charge in [-0.25, -0.2) is 4.79 Å². The van der Waals surface area contributed by atoms with Gasteiger partial charge < -0.3 is 36.4 Å². The van der Waals surface area contributed by atoms with E-state index in [1.165, 1.54) is 6.92 Å². The summed E-state index contributed by atoms with van der Waals surface area (Å²) in [5, 5.41) is 24.9. The Kier molecular flexibility index (Phi) is 17.5. The molecule has 5 amide bonds. The molecule has 0 radical (unpaired) electrons. The Morgan fingerprint density at radius 3 is 1.94 bits per heavy atom. The van der Waals surface area contributed by atoms with E-state index >= 15 is 0 Å². The smallest absolute Gasteiger partial charge is 0.408 e. The van der Waals surface area contributed by atoms with Crippen LogP contribution in [0.1, 0.15) is 100 Å². The second-order valence-corrected chi connectivity index (χ2v) is 14.1. The van der Waals surface area contributed by atoms with Gasteiger partial charge >= 0.3 is 6.09 Å². The third kappa shape index (κ3) is 16.1. The monoisotopic (exact) mass is 661 g/mol. The predicted octanol–water partition coefficient (Wildman–Crippen LogP) is 3.56. The Morgan fingerprint density at radius 1 is 0.787 bits per heavy atom. The van der Waals surface area contributed by atoms with Crippen molar-refractivity contribution in [2.24, 2.45) is 17.8 Å². The SMILES string of the molecule is CC[C@H](NC(=O)[C@H](C)CC[C@H](O)[C@H](CC(C)C)NC(=O)C(C)NC(=O)[C@@H](NC(=O)OC(C)(C)C)C(C)C)C(=O)NCc1ccccc1. The number of nitrogens with one attached hydrogen (secondary N) is 5. The molecule has 1 unspecified atom stereocenters. The lowest BCUT2D eigenvalue weighted by Crippen LogP contribution is -2.56. The van der Waals surface area contributed by atoms with Crippen LogP contribution in [0.5, 0.6) is 0 Å². The molecule has 0 aliphatic heterocycles. The summed E-state index contributed by atoms with van der Waals surface area (Å²) in [6.07, 6.45) is -0.218. The third-order valence-electron chi connectivity index (χ3n) is 7.58. The van der Waals surface area contributed by atoms with Gasteiger partial charge in [0, 0.05) is 12.5 Å². The van der Waals surface area contributed by atoms with E-state index in [2.05, 4.69) is 26.6 Å². The fraction of sp³-hybridized carbons (Fsp3) is 0.686. The van der Waals surface area contributed by atoms with Crippen LogP contribution in [0.2, 0.25) is 0 Å². The topological polar surface area (TPSA) is 175 Å². The van der Waals surface area contributed by atoms with Gasteiger partial charge in [0.1, 0.15) is 23.7 Å². The highest BCUT2D eigenvalue weighted by atomic mass is 16.6. The Labute approximate surface area is 280 Å². The molecule has 0 spiro atoms. The average Bonchev–Trinajstić information content (AvgIpc) is 2.98. The highest BCUT2D eigenvalue weighted by Crippen LogP contribution is 2.17. The van der Waals surface area contributed by atoms with Gasteiger partial charge in [-0.05, 0) is 70.8 Å². The molecule has 0 bridgehead atoms. The molecule has 6 N–H and O–H groups in total. The van der Waals surface area contributed by atoms with Crippen LogP contribution in [-0.4, -0.2) is 70.7 Å². The fourth-order valence-corrected chi connectivity index (χ4v) is 4.79. The lowest BCUT2D eigenvalue weighted by atomic mass is 9.93. The van der Waals surface area contributed by atoms with E-state index in [4.69, 9.17) is 4.74 Å². The summed E-state index contributed by atoms with van der Waals surface area (Å²) in [4.78, 5) is 64.1. The zero-order chi connectivity index (χ0) is 35.9. The van der Waals surface area contributed by atoms with E-state index in [0.717, 1.165) is 5.56 Å². The number of aliphatic hydroxyl groups is 1. The number of carbonyl (C=O) groups excluding carboxylic acids is 5. The van der Waals surface area contributed by atoms with Crippen molar-refractivity contribution in [3.05, 3.63) is 35.9 Å². The maximum atomic E-state index is 13.1. The first-order valence-electron chi connectivity index (χ1n) is 16.7. The molecule has 1 aromatic carbocycles. The standard InChI is InChI=1S/C35H59N5O7/c1-11-26(32(44)36-20-25-15-13-12-14-16-25)38-30(42)23(6)17-18-28(41)27(19-21(2)3)39-31(43)24(7)37-33(45)29(22(4)5)40-34(46)47-35(8,9)10/h12-16,21-24,26-29,41H,11,17-20H2,1-10H3,(H,36,44)(H,37,45)(H,38,42)(H,39,43)(H,40,46)/t23-,24?,26+,27+,28+,29+/m1/s1. The normalized spacial score (nSPS) is 15.4. The molecule has 0 heterocycles. The molecule has 0 aliphatic rings. The number of rotatable bonds is 18. The number of benzene rings is 1. The first-order valence-corrected chi connectivity index (χ1v) is 16.7. The van der Waals surface area contributed by atoms with Gasteiger partial charge in [0.15, 0.2) is 0 Å². The number of alkyl carbamates (subject to hydrolysis) is 1. The molecule has 0 saturated carbocycles. The second-order valence-electron chi connectivity index (χ2n) is 14.1. The molecular formula is C35H59N5O7. The number of hydrogen-bond acceptors (Lipinski definition) is 7. The van der Waals surface area contributed by atoms with E-state index in [1.54, 1.807) is 41.5 Å². The molecule has 0 saturated heterocycles. The quantitative estimate of drug-likeness (QED) is 0.139. The highest BCUT2D eigenvalue weighted by molar-refractivity contribution is 5.91. The lowest BCUT2D eigenvalue weighted by Gasteiger charge is -2.29. The third-order valence-corrected chi connectivity index (χ3v) is 7.58. The molecule has 0 fully saturated rings. The molecule has 1 rings (SSSR count). The molecule has 12 heteroatoms. The van der Waals surface area contributed by atoms with Crippen LogP contribution >= 0.6 is 0 Å². The van der Waals surface area contributed by atoms with Crippen LogP contribution in [0, 0.1) is 17.8 Å². The largest absolute Gasteiger partial charge is 0.444 e. The van der Waals surface area contributed by atoms with Gasteiger partial charge in [0.05, 0.1) is 12.1 Å². The van der Waals surface area contributed by atoms with E-state index in [0.29, 0.717) is 25.8 Å². The Morgan fingerprint density at radius 2 is 1.40 bits per heavy atom. The van der Waals surface area contributed by atoms with Crippen molar-refractivity contribution in [3.63, 3.8) is 0 Å². The maximum absolute atomic E-state index is 13.1. The van der Waals surface area contributed by atoms with Gasteiger partial charge in [0.2, 0.25) is 23.6 Å². The van der Waals surface area contributed by atoms with Crippen molar-refractivity contribution >= 4 is 29.7 Å². The van der Waals surface area contributed by atoms with Gasteiger partial charge in [-0.15, -0.1) is 0 Å². The fourth-order valence-electron chi connectivity index (χ4n) is 4.79. The van der Waals surface area contributed by atoms with E-state index in [-0.39, 0.29) is 30.1 Å². The van der Waals surface area contributed by atoms with Crippen LogP contribution in [0.25, 0.3) is 0 Å². The summed E-state index contributed by atoms with van der Waals surface area (Å²) in [5.41, 5.74) is 0.222. The van der Waals surface area contributed by atoms with E-state index in [1.807, 2.05) is 51.1 Å². The Hall–Kier alpha value is -3.67. The molecule has 0 aliphatic carbocycles. The maximum Gasteiger partial charge on any atom is 0.408 e. The number of hydrogen-bond donors (Lipinski definition) is 6. The highest BCUT2D eigenvalue weighted by Gasteiger charge is 2.31. The van der Waals surface area contributed by atoms with Gasteiger partial charge in [0.25, 0.3) is 0 Å². The first-order chi connectivity index (χ1) is 21.8. The zero-order valence-corrected chi connectivity index (χ0v) is 29.9. The first kappa shape index (κ1) is 41.4. The van der Waals surface area contributed by atoms with Crippen molar-refractivity contribution in [1.29, 1.82) is 0 Å². The minimum atomic E-state index is -0.951. The molecular weight excluding hydrogens is 602 g/mol. The zero-order valence-electron chi connectivity index (χ0n) is 29.9. The summed E-state index contributed by atoms with van der Waals surface area (Å²) >= 11 is 0. The second kappa shape index (κ2) is 19.9. The lowest BCUT2D eigenvalue weighted by molar-refractivity contribution is -0.131. The summed E-state index contributed by atoms with van der Waals surface area (Å²) in [6.45, 7) is 18.1. The number of carbonyl (C=O) groups is 5. The van der Waals surface area contributed by atoms with Crippen molar-refractivity contribution < 1.29 is 33.8 Å². The Bertz CT molecular complexity index is 1150. The molecule has 12 nitrogen and oxygen atoms in total. The van der Waals surface area contributed by atoms with Crippen molar-refractivity contribution in [1.82, 2.24) is 26.6 Å². The van der Waals surface area contributed by atoms with Crippen molar-refractivity contribution in [3.8, 4) is 0 Å². The average molecular weight is 662 g/mol. The summed E-state index contributed by atoms with van der Waals surface area (Å²) in [5.74, 6) is -2.20.